The SMILES string of the molecule is CCOc1ccc(C(=O)N2CCCCC2c2ccccn2)o1. The average molecular weight is 300 g/mol. The summed E-state index contributed by atoms with van der Waals surface area (Å²) in [6.07, 6.45) is 4.82. The molecule has 3 rings (SSSR count). The second-order valence-electron chi connectivity index (χ2n) is 5.32. The molecule has 2 aromatic rings. The van der Waals surface area contributed by atoms with E-state index in [1.807, 2.05) is 30.0 Å². The van der Waals surface area contributed by atoms with Crippen molar-refractivity contribution in [1.82, 2.24) is 9.88 Å². The summed E-state index contributed by atoms with van der Waals surface area (Å²) in [7, 11) is 0. The van der Waals surface area contributed by atoms with Gasteiger partial charge >= 0.3 is 0 Å². The predicted octanol–water partition coefficient (Wildman–Crippen LogP) is 3.44. The van der Waals surface area contributed by atoms with Crippen molar-refractivity contribution in [3.05, 3.63) is 48.0 Å². The van der Waals surface area contributed by atoms with E-state index in [9.17, 15) is 4.79 Å². The monoisotopic (exact) mass is 300 g/mol. The highest BCUT2D eigenvalue weighted by Gasteiger charge is 2.31. The van der Waals surface area contributed by atoms with Crippen LogP contribution in [-0.2, 0) is 0 Å². The molecule has 116 valence electrons. The normalized spacial score (nSPS) is 18.2. The second-order valence-corrected chi connectivity index (χ2v) is 5.32. The Hall–Kier alpha value is -2.30. The Balaban J connectivity index is 1.82. The number of carbonyl (C=O) groups is 1. The standard InChI is InChI=1S/C17H20N2O3/c1-2-21-16-10-9-15(22-16)17(20)19-12-6-4-8-14(19)13-7-3-5-11-18-13/h3,5,7,9-11,14H,2,4,6,8,12H2,1H3. The molecule has 5 nitrogen and oxygen atoms in total. The van der Waals surface area contributed by atoms with Crippen LogP contribution in [0.5, 0.6) is 5.95 Å². The Morgan fingerprint density at radius 1 is 1.36 bits per heavy atom. The summed E-state index contributed by atoms with van der Waals surface area (Å²) in [6.45, 7) is 3.12. The van der Waals surface area contributed by atoms with Gasteiger partial charge in [0.2, 0.25) is 0 Å². The Morgan fingerprint density at radius 2 is 2.27 bits per heavy atom. The lowest BCUT2D eigenvalue weighted by Gasteiger charge is -2.34. The van der Waals surface area contributed by atoms with Crippen molar-refractivity contribution in [2.45, 2.75) is 32.2 Å². The lowest BCUT2D eigenvalue weighted by Crippen LogP contribution is -2.38. The number of hydrogen-bond acceptors (Lipinski definition) is 4. The number of aromatic nitrogens is 1. The van der Waals surface area contributed by atoms with E-state index < -0.39 is 0 Å². The third kappa shape index (κ3) is 2.98. The molecule has 1 unspecified atom stereocenters. The predicted molar refractivity (Wildman–Crippen MR) is 81.7 cm³/mol. The average Bonchev–Trinajstić information content (AvgIpc) is 3.04. The number of pyridine rings is 1. The molecule has 1 aliphatic heterocycles. The first-order valence-corrected chi connectivity index (χ1v) is 7.74. The van der Waals surface area contributed by atoms with Gasteiger partial charge in [-0.15, -0.1) is 0 Å². The highest BCUT2D eigenvalue weighted by atomic mass is 16.6. The van der Waals surface area contributed by atoms with Crippen LogP contribution < -0.4 is 4.74 Å². The van der Waals surface area contributed by atoms with Crippen molar-refractivity contribution in [3.8, 4) is 5.95 Å². The minimum atomic E-state index is -0.0960. The summed E-state index contributed by atoms with van der Waals surface area (Å²) < 4.78 is 10.8. The van der Waals surface area contributed by atoms with Gasteiger partial charge in [-0.3, -0.25) is 9.78 Å². The number of furan rings is 1. The van der Waals surface area contributed by atoms with Gasteiger partial charge in [0.1, 0.15) is 0 Å². The van der Waals surface area contributed by atoms with Gasteiger partial charge in [0, 0.05) is 18.8 Å². The maximum atomic E-state index is 12.7. The molecular formula is C17H20N2O3. The zero-order chi connectivity index (χ0) is 15.4. The van der Waals surface area contributed by atoms with E-state index in [1.54, 1.807) is 18.3 Å². The number of rotatable bonds is 4. The largest absolute Gasteiger partial charge is 0.465 e. The summed E-state index contributed by atoms with van der Waals surface area (Å²) in [4.78, 5) is 19.0. The molecule has 1 amide bonds. The van der Waals surface area contributed by atoms with Crippen LogP contribution in [0.15, 0.2) is 40.9 Å². The summed E-state index contributed by atoms with van der Waals surface area (Å²) in [6, 6.07) is 9.21. The molecule has 2 aromatic heterocycles. The molecule has 0 N–H and O–H groups in total. The van der Waals surface area contributed by atoms with E-state index in [1.165, 1.54) is 0 Å². The summed E-state index contributed by atoms with van der Waals surface area (Å²) in [5, 5.41) is 0. The van der Waals surface area contributed by atoms with Crippen LogP contribution in [0.2, 0.25) is 0 Å². The van der Waals surface area contributed by atoms with E-state index in [4.69, 9.17) is 9.15 Å². The number of carbonyl (C=O) groups excluding carboxylic acids is 1. The summed E-state index contributed by atoms with van der Waals surface area (Å²) >= 11 is 0. The maximum absolute atomic E-state index is 12.7. The van der Waals surface area contributed by atoms with Gasteiger partial charge in [-0.25, -0.2) is 0 Å². The fourth-order valence-electron chi connectivity index (χ4n) is 2.85. The maximum Gasteiger partial charge on any atom is 0.290 e. The van der Waals surface area contributed by atoms with E-state index in [-0.39, 0.29) is 11.9 Å². The van der Waals surface area contributed by atoms with E-state index in [2.05, 4.69) is 4.98 Å². The molecular weight excluding hydrogens is 280 g/mol. The first kappa shape index (κ1) is 14.6. The third-order valence-electron chi connectivity index (χ3n) is 3.87. The van der Waals surface area contributed by atoms with Crippen LogP contribution in [0.1, 0.15) is 48.5 Å². The van der Waals surface area contributed by atoms with E-state index in [0.29, 0.717) is 18.3 Å². The minimum Gasteiger partial charge on any atom is -0.465 e. The van der Waals surface area contributed by atoms with E-state index >= 15 is 0 Å². The molecule has 0 radical (unpaired) electrons. The molecule has 0 saturated carbocycles. The summed E-state index contributed by atoms with van der Waals surface area (Å²) in [5.74, 6) is 0.616. The first-order chi connectivity index (χ1) is 10.8. The zero-order valence-corrected chi connectivity index (χ0v) is 12.7. The van der Waals surface area contributed by atoms with Crippen LogP contribution in [0.4, 0.5) is 0 Å². The van der Waals surface area contributed by atoms with Gasteiger partial charge in [0.25, 0.3) is 11.9 Å². The number of amides is 1. The van der Waals surface area contributed by atoms with Gasteiger partial charge in [-0.2, -0.15) is 0 Å². The smallest absolute Gasteiger partial charge is 0.290 e. The van der Waals surface area contributed by atoms with Gasteiger partial charge in [0.05, 0.1) is 18.3 Å². The van der Waals surface area contributed by atoms with Crippen LogP contribution in [0.3, 0.4) is 0 Å². The molecule has 1 fully saturated rings. The third-order valence-corrected chi connectivity index (χ3v) is 3.87. The Kier molecular flexibility index (Phi) is 4.42. The molecule has 0 spiro atoms. The Morgan fingerprint density at radius 3 is 3.05 bits per heavy atom. The van der Waals surface area contributed by atoms with Gasteiger partial charge in [0.15, 0.2) is 5.76 Å². The number of nitrogens with zero attached hydrogens (tertiary/aromatic N) is 2. The molecule has 3 heterocycles. The Bertz CT molecular complexity index is 624. The lowest BCUT2D eigenvalue weighted by molar-refractivity contribution is 0.0566. The second kappa shape index (κ2) is 6.64. The van der Waals surface area contributed by atoms with Crippen molar-refractivity contribution in [2.24, 2.45) is 0 Å². The zero-order valence-electron chi connectivity index (χ0n) is 12.7. The van der Waals surface area contributed by atoms with Crippen molar-refractivity contribution < 1.29 is 13.9 Å². The molecule has 0 bridgehead atoms. The fraction of sp³-hybridized carbons (Fsp3) is 0.412. The number of likely N-dealkylation sites (tertiary alicyclic amines) is 1. The molecule has 0 aromatic carbocycles. The molecule has 1 atom stereocenters. The molecule has 1 aliphatic rings. The number of ether oxygens (including phenoxy) is 1. The van der Waals surface area contributed by atoms with Crippen LogP contribution in [0.25, 0.3) is 0 Å². The molecule has 1 saturated heterocycles. The Labute approximate surface area is 129 Å². The topological polar surface area (TPSA) is 55.6 Å². The number of piperidine rings is 1. The highest BCUT2D eigenvalue weighted by molar-refractivity contribution is 5.92. The van der Waals surface area contributed by atoms with Gasteiger partial charge in [-0.1, -0.05) is 6.07 Å². The number of hydrogen-bond donors (Lipinski definition) is 0. The minimum absolute atomic E-state index is 0.0168. The molecule has 5 heteroatoms. The fourth-order valence-corrected chi connectivity index (χ4v) is 2.85. The summed E-state index contributed by atoms with van der Waals surface area (Å²) in [5.41, 5.74) is 0.937. The lowest BCUT2D eigenvalue weighted by atomic mass is 9.98. The highest BCUT2D eigenvalue weighted by Crippen LogP contribution is 2.31. The van der Waals surface area contributed by atoms with E-state index in [0.717, 1.165) is 31.5 Å². The molecule has 0 aliphatic carbocycles. The van der Waals surface area contributed by atoms with Crippen molar-refractivity contribution in [2.75, 3.05) is 13.2 Å². The van der Waals surface area contributed by atoms with Crippen LogP contribution >= 0.6 is 0 Å². The van der Waals surface area contributed by atoms with Crippen molar-refractivity contribution in [1.29, 1.82) is 0 Å². The molecule has 22 heavy (non-hydrogen) atoms. The first-order valence-electron chi connectivity index (χ1n) is 7.74. The van der Waals surface area contributed by atoms with Gasteiger partial charge < -0.3 is 14.1 Å². The van der Waals surface area contributed by atoms with Crippen LogP contribution in [-0.4, -0.2) is 28.9 Å². The van der Waals surface area contributed by atoms with Crippen LogP contribution in [0, 0.1) is 0 Å². The van der Waals surface area contributed by atoms with Crippen molar-refractivity contribution >= 4 is 5.91 Å². The quantitative estimate of drug-likeness (QED) is 0.868. The van der Waals surface area contributed by atoms with Crippen molar-refractivity contribution in [3.63, 3.8) is 0 Å². The van der Waals surface area contributed by atoms with Gasteiger partial charge in [-0.05, 0) is 44.4 Å².